The van der Waals surface area contributed by atoms with Crippen LogP contribution in [0.5, 0.6) is 5.75 Å². The molecule has 2 atom stereocenters. The Morgan fingerprint density at radius 3 is 2.95 bits per heavy atom. The molecule has 0 spiro atoms. The molecule has 0 bridgehead atoms. The Kier molecular flexibility index (Phi) is 4.42. The number of benzene rings is 1. The van der Waals surface area contributed by atoms with Crippen LogP contribution in [0, 0.1) is 6.92 Å². The van der Waals surface area contributed by atoms with Gasteiger partial charge in [0, 0.05) is 6.07 Å². The smallest absolute Gasteiger partial charge is 0.273 e. The highest BCUT2D eigenvalue weighted by atomic mass is 16.5. The second kappa shape index (κ2) is 6.64. The zero-order chi connectivity index (χ0) is 15.4. The molecule has 5 nitrogen and oxygen atoms in total. The van der Waals surface area contributed by atoms with Gasteiger partial charge < -0.3 is 14.6 Å². The van der Waals surface area contributed by atoms with E-state index in [9.17, 15) is 4.79 Å². The molecule has 1 N–H and O–H groups in total. The van der Waals surface area contributed by atoms with Gasteiger partial charge in [-0.1, -0.05) is 23.7 Å². The van der Waals surface area contributed by atoms with Gasteiger partial charge in [0.1, 0.15) is 18.1 Å². The fourth-order valence-electron chi connectivity index (χ4n) is 2.84. The van der Waals surface area contributed by atoms with Crippen LogP contribution in [0.25, 0.3) is 0 Å². The molecule has 2 aromatic rings. The lowest BCUT2D eigenvalue weighted by Gasteiger charge is -2.32. The molecule has 1 heterocycles. The normalized spacial score (nSPS) is 21.3. The second-order valence-corrected chi connectivity index (χ2v) is 5.72. The quantitative estimate of drug-likeness (QED) is 0.942. The molecule has 0 radical (unpaired) electrons. The standard InChI is InChI=1S/C17H20N2O3/c1-12-5-4-6-13(11-12)22-16-8-3-2-7-14(16)18-17(20)15-9-10-21-19-15/h4-6,9-11,14,16H,2-3,7-8H2,1H3,(H,18,20). The number of aromatic nitrogens is 1. The monoisotopic (exact) mass is 300 g/mol. The third-order valence-corrected chi connectivity index (χ3v) is 3.97. The van der Waals surface area contributed by atoms with Crippen LogP contribution in [-0.4, -0.2) is 23.2 Å². The van der Waals surface area contributed by atoms with Crippen LogP contribution in [0.1, 0.15) is 41.7 Å². The molecular formula is C17H20N2O3. The van der Waals surface area contributed by atoms with E-state index in [0.717, 1.165) is 37.0 Å². The van der Waals surface area contributed by atoms with Crippen molar-refractivity contribution in [2.75, 3.05) is 0 Å². The summed E-state index contributed by atoms with van der Waals surface area (Å²) in [5.41, 5.74) is 1.47. The maximum atomic E-state index is 12.1. The molecular weight excluding hydrogens is 280 g/mol. The zero-order valence-electron chi connectivity index (χ0n) is 12.6. The van der Waals surface area contributed by atoms with Gasteiger partial charge in [-0.25, -0.2) is 0 Å². The molecule has 0 aliphatic heterocycles. The molecule has 1 amide bonds. The number of rotatable bonds is 4. The summed E-state index contributed by atoms with van der Waals surface area (Å²) in [7, 11) is 0. The largest absolute Gasteiger partial charge is 0.488 e. The van der Waals surface area contributed by atoms with Crippen molar-refractivity contribution in [3.8, 4) is 5.75 Å². The Labute approximate surface area is 129 Å². The van der Waals surface area contributed by atoms with E-state index in [0.29, 0.717) is 5.69 Å². The lowest BCUT2D eigenvalue weighted by atomic mass is 9.92. The Morgan fingerprint density at radius 2 is 2.18 bits per heavy atom. The van der Waals surface area contributed by atoms with Gasteiger partial charge in [0.25, 0.3) is 5.91 Å². The molecule has 1 aromatic heterocycles. The molecule has 1 aliphatic carbocycles. The van der Waals surface area contributed by atoms with E-state index in [1.807, 2.05) is 31.2 Å². The van der Waals surface area contributed by atoms with Crippen molar-refractivity contribution in [1.29, 1.82) is 0 Å². The highest BCUT2D eigenvalue weighted by Crippen LogP contribution is 2.24. The summed E-state index contributed by atoms with van der Waals surface area (Å²) >= 11 is 0. The summed E-state index contributed by atoms with van der Waals surface area (Å²) in [5.74, 6) is 0.645. The number of nitrogens with one attached hydrogen (secondary N) is 1. The van der Waals surface area contributed by atoms with Crippen molar-refractivity contribution in [1.82, 2.24) is 10.5 Å². The summed E-state index contributed by atoms with van der Waals surface area (Å²) in [6.07, 6.45) is 5.46. The number of ether oxygens (including phenoxy) is 1. The van der Waals surface area contributed by atoms with Crippen molar-refractivity contribution in [3.05, 3.63) is 47.9 Å². The van der Waals surface area contributed by atoms with Gasteiger partial charge in [-0.2, -0.15) is 0 Å². The molecule has 1 saturated carbocycles. The minimum Gasteiger partial charge on any atom is -0.488 e. The SMILES string of the molecule is Cc1cccc(OC2CCCCC2NC(=O)c2ccon2)c1. The summed E-state index contributed by atoms with van der Waals surface area (Å²) < 4.78 is 10.8. The molecule has 0 saturated heterocycles. The highest BCUT2D eigenvalue weighted by Gasteiger charge is 2.29. The van der Waals surface area contributed by atoms with E-state index in [1.165, 1.54) is 6.26 Å². The molecule has 2 unspecified atom stereocenters. The number of amides is 1. The lowest BCUT2D eigenvalue weighted by molar-refractivity contribution is 0.0790. The molecule has 116 valence electrons. The van der Waals surface area contributed by atoms with Gasteiger partial charge in [0.15, 0.2) is 5.69 Å². The zero-order valence-corrected chi connectivity index (χ0v) is 12.6. The Morgan fingerprint density at radius 1 is 1.32 bits per heavy atom. The first-order valence-corrected chi connectivity index (χ1v) is 7.67. The van der Waals surface area contributed by atoms with Gasteiger partial charge >= 0.3 is 0 Å². The molecule has 1 aromatic carbocycles. The summed E-state index contributed by atoms with van der Waals surface area (Å²) in [6.45, 7) is 2.04. The third-order valence-electron chi connectivity index (χ3n) is 3.97. The average molecular weight is 300 g/mol. The number of aryl methyl sites for hydroxylation is 1. The van der Waals surface area contributed by atoms with Gasteiger partial charge in [0.05, 0.1) is 6.04 Å². The van der Waals surface area contributed by atoms with Crippen molar-refractivity contribution < 1.29 is 14.1 Å². The topological polar surface area (TPSA) is 64.4 Å². The van der Waals surface area contributed by atoms with E-state index in [4.69, 9.17) is 9.26 Å². The van der Waals surface area contributed by atoms with Crippen LogP contribution in [0.2, 0.25) is 0 Å². The van der Waals surface area contributed by atoms with Crippen LogP contribution in [0.15, 0.2) is 41.1 Å². The van der Waals surface area contributed by atoms with Crippen molar-refractivity contribution in [2.45, 2.75) is 44.8 Å². The number of hydrogen-bond donors (Lipinski definition) is 1. The number of carbonyl (C=O) groups excluding carboxylic acids is 1. The van der Waals surface area contributed by atoms with Crippen LogP contribution in [0.3, 0.4) is 0 Å². The maximum Gasteiger partial charge on any atom is 0.273 e. The molecule has 22 heavy (non-hydrogen) atoms. The number of carbonyl (C=O) groups is 1. The van der Waals surface area contributed by atoms with E-state index in [2.05, 4.69) is 10.5 Å². The third kappa shape index (κ3) is 3.47. The van der Waals surface area contributed by atoms with Gasteiger partial charge in [0.2, 0.25) is 0 Å². The van der Waals surface area contributed by atoms with E-state index < -0.39 is 0 Å². The molecule has 1 fully saturated rings. The van der Waals surface area contributed by atoms with E-state index >= 15 is 0 Å². The fourth-order valence-corrected chi connectivity index (χ4v) is 2.84. The number of nitrogens with zero attached hydrogens (tertiary/aromatic N) is 1. The number of hydrogen-bond acceptors (Lipinski definition) is 4. The van der Waals surface area contributed by atoms with Crippen molar-refractivity contribution >= 4 is 5.91 Å². The summed E-state index contributed by atoms with van der Waals surface area (Å²) in [5, 5.41) is 6.69. The van der Waals surface area contributed by atoms with Crippen molar-refractivity contribution in [2.24, 2.45) is 0 Å². The second-order valence-electron chi connectivity index (χ2n) is 5.72. The Balaban J connectivity index is 1.67. The van der Waals surface area contributed by atoms with Crippen molar-refractivity contribution in [3.63, 3.8) is 0 Å². The molecule has 1 aliphatic rings. The predicted molar refractivity (Wildman–Crippen MR) is 81.8 cm³/mol. The average Bonchev–Trinajstić information content (AvgIpc) is 3.04. The predicted octanol–water partition coefficient (Wildman–Crippen LogP) is 3.10. The van der Waals surface area contributed by atoms with Crippen LogP contribution in [0.4, 0.5) is 0 Å². The lowest BCUT2D eigenvalue weighted by Crippen LogP contribution is -2.47. The molecule has 3 rings (SSSR count). The summed E-state index contributed by atoms with van der Waals surface area (Å²) in [4.78, 5) is 12.1. The first-order valence-electron chi connectivity index (χ1n) is 7.67. The van der Waals surface area contributed by atoms with Crippen LogP contribution < -0.4 is 10.1 Å². The van der Waals surface area contributed by atoms with Crippen LogP contribution in [-0.2, 0) is 0 Å². The van der Waals surface area contributed by atoms with Gasteiger partial charge in [-0.3, -0.25) is 4.79 Å². The minimum atomic E-state index is -0.210. The molecule has 5 heteroatoms. The Bertz CT molecular complexity index is 625. The fraction of sp³-hybridized carbons (Fsp3) is 0.412. The first kappa shape index (κ1) is 14.6. The Hall–Kier alpha value is -2.30. The highest BCUT2D eigenvalue weighted by molar-refractivity contribution is 5.92. The van der Waals surface area contributed by atoms with E-state index in [-0.39, 0.29) is 18.1 Å². The maximum absolute atomic E-state index is 12.1. The minimum absolute atomic E-state index is 0.00142. The van der Waals surface area contributed by atoms with Crippen LogP contribution >= 0.6 is 0 Å². The first-order chi connectivity index (χ1) is 10.7. The van der Waals surface area contributed by atoms with Gasteiger partial charge in [-0.05, 0) is 43.9 Å². The summed E-state index contributed by atoms with van der Waals surface area (Å²) in [6, 6.07) is 9.56. The van der Waals surface area contributed by atoms with Gasteiger partial charge in [-0.15, -0.1) is 0 Å². The van der Waals surface area contributed by atoms with E-state index in [1.54, 1.807) is 6.07 Å².